The minimum Gasteiger partial charge on any atom is -0.508 e. The first-order chi connectivity index (χ1) is 8.70. The molecular weight excluding hydrogens is 228 g/mol. The first kappa shape index (κ1) is 12.1. The van der Waals surface area contributed by atoms with E-state index in [4.69, 9.17) is 0 Å². The number of ketones is 1. The zero-order valence-corrected chi connectivity index (χ0v) is 10.1. The summed E-state index contributed by atoms with van der Waals surface area (Å²) in [6.45, 7) is 2.74. The number of rotatable bonds is 4. The molecule has 0 aliphatic rings. The molecule has 0 saturated carbocycles. The second-order valence-electron chi connectivity index (χ2n) is 3.82. The van der Waals surface area contributed by atoms with E-state index < -0.39 is 0 Å². The summed E-state index contributed by atoms with van der Waals surface area (Å²) < 4.78 is 1.80. The summed E-state index contributed by atoms with van der Waals surface area (Å²) in [6, 6.07) is 8.14. The van der Waals surface area contributed by atoms with E-state index in [1.807, 2.05) is 13.0 Å². The zero-order valence-electron chi connectivity index (χ0n) is 10.1. The number of carbonyl (C=O) groups is 1. The molecule has 0 unspecified atom stereocenters. The Morgan fingerprint density at radius 2 is 2.28 bits per heavy atom. The van der Waals surface area contributed by atoms with Gasteiger partial charge in [-0.15, -0.1) is 0 Å². The lowest BCUT2D eigenvalue weighted by atomic mass is 10.1. The van der Waals surface area contributed by atoms with Crippen molar-refractivity contribution in [3.8, 4) is 5.75 Å². The lowest BCUT2D eigenvalue weighted by Gasteiger charge is -1.99. The van der Waals surface area contributed by atoms with E-state index in [0.717, 1.165) is 12.2 Å². The molecule has 0 aliphatic heterocycles. The standard InChI is InChI=1S/C14H14N2O2/c1-2-16-12(8-9-15-16)6-7-14(18)11-4-3-5-13(17)10-11/h3-10,17H,2H2,1H3/b7-6+. The first-order valence-electron chi connectivity index (χ1n) is 5.74. The minimum absolute atomic E-state index is 0.0906. The van der Waals surface area contributed by atoms with E-state index in [0.29, 0.717) is 5.56 Å². The quantitative estimate of drug-likeness (QED) is 0.662. The van der Waals surface area contributed by atoms with Gasteiger partial charge < -0.3 is 5.11 Å². The van der Waals surface area contributed by atoms with Crippen molar-refractivity contribution in [3.63, 3.8) is 0 Å². The summed E-state index contributed by atoms with van der Waals surface area (Å²) >= 11 is 0. The Balaban J connectivity index is 2.17. The fourth-order valence-electron chi connectivity index (χ4n) is 1.67. The maximum absolute atomic E-state index is 11.9. The molecule has 0 radical (unpaired) electrons. The fraction of sp³-hybridized carbons (Fsp3) is 0.143. The monoisotopic (exact) mass is 242 g/mol. The predicted octanol–water partition coefficient (Wildman–Crippen LogP) is 2.50. The van der Waals surface area contributed by atoms with E-state index in [1.165, 1.54) is 18.2 Å². The van der Waals surface area contributed by atoms with E-state index in [-0.39, 0.29) is 11.5 Å². The smallest absolute Gasteiger partial charge is 0.186 e. The average molecular weight is 242 g/mol. The second-order valence-corrected chi connectivity index (χ2v) is 3.82. The SMILES string of the molecule is CCn1nccc1/C=C/C(=O)c1cccc(O)c1. The van der Waals surface area contributed by atoms with Gasteiger partial charge in [-0.3, -0.25) is 9.48 Å². The summed E-state index contributed by atoms with van der Waals surface area (Å²) in [5, 5.41) is 13.4. The first-order valence-corrected chi connectivity index (χ1v) is 5.74. The molecule has 1 N–H and O–H groups in total. The molecule has 0 spiro atoms. The molecule has 0 aliphatic carbocycles. The molecule has 0 fully saturated rings. The highest BCUT2D eigenvalue weighted by Gasteiger charge is 2.03. The number of hydrogen-bond donors (Lipinski definition) is 1. The normalized spacial score (nSPS) is 10.9. The van der Waals surface area contributed by atoms with Gasteiger partial charge in [0.05, 0.1) is 5.69 Å². The Morgan fingerprint density at radius 3 is 3.00 bits per heavy atom. The van der Waals surface area contributed by atoms with Crippen LogP contribution < -0.4 is 0 Å². The third-order valence-electron chi connectivity index (χ3n) is 2.59. The Labute approximate surface area is 105 Å². The summed E-state index contributed by atoms with van der Waals surface area (Å²) in [7, 11) is 0. The number of hydrogen-bond acceptors (Lipinski definition) is 3. The minimum atomic E-state index is -0.144. The van der Waals surface area contributed by atoms with Gasteiger partial charge in [0, 0.05) is 18.3 Å². The van der Waals surface area contributed by atoms with E-state index >= 15 is 0 Å². The number of phenols is 1. The van der Waals surface area contributed by atoms with Crippen LogP contribution in [0.4, 0.5) is 0 Å². The summed E-state index contributed by atoms with van der Waals surface area (Å²) in [6.07, 6.45) is 4.91. The molecule has 0 atom stereocenters. The Morgan fingerprint density at radius 1 is 1.44 bits per heavy atom. The van der Waals surface area contributed by atoms with Gasteiger partial charge in [0.1, 0.15) is 5.75 Å². The number of phenolic OH excluding ortho intramolecular Hbond substituents is 1. The van der Waals surface area contributed by atoms with Crippen LogP contribution >= 0.6 is 0 Å². The van der Waals surface area contributed by atoms with Crippen molar-refractivity contribution in [1.82, 2.24) is 9.78 Å². The van der Waals surface area contributed by atoms with Gasteiger partial charge in [-0.1, -0.05) is 12.1 Å². The number of benzene rings is 1. The molecule has 0 saturated heterocycles. The van der Waals surface area contributed by atoms with Crippen LogP contribution in [0, 0.1) is 0 Å². The van der Waals surface area contributed by atoms with Crippen LogP contribution in [0.25, 0.3) is 6.08 Å². The molecule has 1 aromatic carbocycles. The third-order valence-corrected chi connectivity index (χ3v) is 2.59. The lowest BCUT2D eigenvalue weighted by Crippen LogP contribution is -1.99. The van der Waals surface area contributed by atoms with Crippen LogP contribution in [0.5, 0.6) is 5.75 Å². The molecule has 4 nitrogen and oxygen atoms in total. The van der Waals surface area contributed by atoms with Crippen molar-refractivity contribution < 1.29 is 9.90 Å². The van der Waals surface area contributed by atoms with Crippen molar-refractivity contribution in [3.05, 3.63) is 53.9 Å². The molecule has 2 aromatic rings. The summed E-state index contributed by atoms with van der Waals surface area (Å²) in [5.41, 5.74) is 1.35. The number of aromatic nitrogens is 2. The number of aromatic hydroxyl groups is 1. The summed E-state index contributed by atoms with van der Waals surface area (Å²) in [4.78, 5) is 11.9. The topological polar surface area (TPSA) is 55.1 Å². The number of carbonyl (C=O) groups excluding carboxylic acids is 1. The Kier molecular flexibility index (Phi) is 3.57. The molecule has 0 bridgehead atoms. The number of allylic oxidation sites excluding steroid dienone is 1. The van der Waals surface area contributed by atoms with Crippen molar-refractivity contribution in [2.24, 2.45) is 0 Å². The van der Waals surface area contributed by atoms with Gasteiger partial charge in [-0.05, 0) is 37.3 Å². The Hall–Kier alpha value is -2.36. The van der Waals surface area contributed by atoms with Gasteiger partial charge in [-0.25, -0.2) is 0 Å². The highest BCUT2D eigenvalue weighted by Crippen LogP contribution is 2.12. The molecule has 18 heavy (non-hydrogen) atoms. The highest BCUT2D eigenvalue weighted by atomic mass is 16.3. The van der Waals surface area contributed by atoms with Crippen LogP contribution in [0.15, 0.2) is 42.6 Å². The third kappa shape index (κ3) is 2.66. The van der Waals surface area contributed by atoms with Gasteiger partial charge in [0.25, 0.3) is 0 Å². The number of aryl methyl sites for hydroxylation is 1. The fourth-order valence-corrected chi connectivity index (χ4v) is 1.67. The zero-order chi connectivity index (χ0) is 13.0. The van der Waals surface area contributed by atoms with Crippen molar-refractivity contribution in [2.75, 3.05) is 0 Å². The molecule has 2 rings (SSSR count). The summed E-state index contributed by atoms with van der Waals surface area (Å²) in [5.74, 6) is -0.0531. The van der Waals surface area contributed by atoms with Crippen LogP contribution in [0.3, 0.4) is 0 Å². The molecular formula is C14H14N2O2. The van der Waals surface area contributed by atoms with E-state index in [2.05, 4.69) is 5.10 Å². The van der Waals surface area contributed by atoms with E-state index in [1.54, 1.807) is 29.1 Å². The van der Waals surface area contributed by atoms with Gasteiger partial charge in [0.2, 0.25) is 0 Å². The largest absolute Gasteiger partial charge is 0.508 e. The number of nitrogens with zero attached hydrogens (tertiary/aromatic N) is 2. The van der Waals surface area contributed by atoms with Crippen molar-refractivity contribution >= 4 is 11.9 Å². The van der Waals surface area contributed by atoms with Gasteiger partial charge in [0.15, 0.2) is 5.78 Å². The van der Waals surface area contributed by atoms with Crippen LogP contribution in [-0.4, -0.2) is 20.7 Å². The maximum Gasteiger partial charge on any atom is 0.186 e. The van der Waals surface area contributed by atoms with Crippen LogP contribution in [0.2, 0.25) is 0 Å². The van der Waals surface area contributed by atoms with Crippen molar-refractivity contribution in [1.29, 1.82) is 0 Å². The molecule has 4 heteroatoms. The van der Waals surface area contributed by atoms with Gasteiger partial charge >= 0.3 is 0 Å². The maximum atomic E-state index is 11.9. The van der Waals surface area contributed by atoms with Crippen LogP contribution in [-0.2, 0) is 6.54 Å². The second kappa shape index (κ2) is 5.31. The predicted molar refractivity (Wildman–Crippen MR) is 69.4 cm³/mol. The molecule has 0 amide bonds. The van der Waals surface area contributed by atoms with Crippen molar-refractivity contribution in [2.45, 2.75) is 13.5 Å². The highest BCUT2D eigenvalue weighted by molar-refractivity contribution is 6.06. The van der Waals surface area contributed by atoms with E-state index in [9.17, 15) is 9.90 Å². The lowest BCUT2D eigenvalue weighted by molar-refractivity contribution is 0.104. The van der Waals surface area contributed by atoms with Gasteiger partial charge in [-0.2, -0.15) is 5.10 Å². The Bertz CT molecular complexity index is 585. The molecule has 1 aromatic heterocycles. The van der Waals surface area contributed by atoms with Crippen LogP contribution in [0.1, 0.15) is 23.0 Å². The molecule has 92 valence electrons. The average Bonchev–Trinajstić information content (AvgIpc) is 2.83. The molecule has 1 heterocycles.